The molecule has 1 fully saturated rings. The van der Waals surface area contributed by atoms with Crippen LogP contribution in [0.3, 0.4) is 0 Å². The Morgan fingerprint density at radius 3 is 2.38 bits per heavy atom. The predicted molar refractivity (Wildman–Crippen MR) is 56.6 cm³/mol. The molecule has 74 valence electrons. The molecule has 0 aliphatic heterocycles. The van der Waals surface area contributed by atoms with Gasteiger partial charge in [0.1, 0.15) is 0 Å². The molecule has 3 heteroatoms. The first-order valence-corrected chi connectivity index (χ1v) is 5.01. The average molecular weight is 197 g/mol. The molecular formula is C10H20MgO2. The molecule has 0 aromatic rings. The third-order valence-corrected chi connectivity index (χ3v) is 2.73. The summed E-state index contributed by atoms with van der Waals surface area (Å²) in [7, 11) is 0. The molecule has 0 aromatic carbocycles. The van der Waals surface area contributed by atoms with Gasteiger partial charge in [0.2, 0.25) is 0 Å². The van der Waals surface area contributed by atoms with Crippen LogP contribution >= 0.6 is 0 Å². The molecular weight excluding hydrogens is 176 g/mol. The Kier molecular flexibility index (Phi) is 7.76. The average Bonchev–Trinajstić information content (AvgIpc) is 2.05. The summed E-state index contributed by atoms with van der Waals surface area (Å²) in [5.74, 6) is 0.184. The second-order valence-corrected chi connectivity index (χ2v) is 3.79. The maximum Gasteiger partial charge on any atom is 0.316 e. The van der Waals surface area contributed by atoms with E-state index in [-0.39, 0.29) is 23.1 Å². The summed E-state index contributed by atoms with van der Waals surface area (Å²) >= 11 is 0. The van der Waals surface area contributed by atoms with Crippen molar-refractivity contribution in [2.45, 2.75) is 51.4 Å². The van der Waals surface area contributed by atoms with Crippen molar-refractivity contribution in [1.82, 2.24) is 0 Å². The van der Waals surface area contributed by atoms with Gasteiger partial charge in [0.15, 0.2) is 0 Å². The van der Waals surface area contributed by atoms with Crippen LogP contribution in [-0.2, 0) is 4.79 Å². The maximum absolute atomic E-state index is 10.2. The normalized spacial score (nSPS) is 17.8. The van der Waals surface area contributed by atoms with Gasteiger partial charge in [-0.1, -0.05) is 32.1 Å². The molecule has 1 saturated carbocycles. The Hall–Kier alpha value is 0.236. The van der Waals surface area contributed by atoms with Crippen LogP contribution in [0.2, 0.25) is 0 Å². The fourth-order valence-corrected chi connectivity index (χ4v) is 2.02. The van der Waals surface area contributed by atoms with Gasteiger partial charge in [0.05, 0.1) is 0 Å². The first-order chi connectivity index (χ1) is 5.79. The lowest BCUT2D eigenvalue weighted by atomic mass is 9.86. The van der Waals surface area contributed by atoms with Crippen molar-refractivity contribution in [3.63, 3.8) is 0 Å². The molecule has 0 saturated heterocycles. The number of hydrogen-bond acceptors (Lipinski definition) is 1. The molecule has 0 heterocycles. The van der Waals surface area contributed by atoms with Crippen LogP contribution in [0.1, 0.15) is 51.4 Å². The van der Waals surface area contributed by atoms with Crippen molar-refractivity contribution in [3.05, 3.63) is 0 Å². The Bertz CT molecular complexity index is 142. The van der Waals surface area contributed by atoms with E-state index in [0.29, 0.717) is 6.42 Å². The molecule has 0 unspecified atom stereocenters. The molecule has 2 nitrogen and oxygen atoms in total. The van der Waals surface area contributed by atoms with Crippen LogP contribution in [0.25, 0.3) is 0 Å². The monoisotopic (exact) mass is 196 g/mol. The van der Waals surface area contributed by atoms with Crippen LogP contribution in [0, 0.1) is 5.92 Å². The topological polar surface area (TPSA) is 37.3 Å². The molecule has 1 aliphatic carbocycles. The molecule has 0 amide bonds. The van der Waals surface area contributed by atoms with Gasteiger partial charge in [-0.3, -0.25) is 4.79 Å². The van der Waals surface area contributed by atoms with E-state index in [9.17, 15) is 4.79 Å². The molecule has 0 spiro atoms. The predicted octanol–water partition coefficient (Wildman–Crippen LogP) is 1.91. The number of carboxylic acids is 1. The highest BCUT2D eigenvalue weighted by molar-refractivity contribution is 5.75. The fraction of sp³-hybridized carbons (Fsp3) is 0.900. The highest BCUT2D eigenvalue weighted by atomic mass is 24.3. The van der Waals surface area contributed by atoms with Crippen molar-refractivity contribution < 1.29 is 9.90 Å². The van der Waals surface area contributed by atoms with Crippen molar-refractivity contribution >= 4 is 29.0 Å². The zero-order chi connectivity index (χ0) is 8.81. The quantitative estimate of drug-likeness (QED) is 0.698. The number of carbonyl (C=O) groups is 1. The second-order valence-electron chi connectivity index (χ2n) is 3.79. The van der Waals surface area contributed by atoms with E-state index < -0.39 is 5.97 Å². The molecule has 0 aromatic heterocycles. The van der Waals surface area contributed by atoms with Crippen LogP contribution in [0.4, 0.5) is 0 Å². The number of aliphatic carboxylic acids is 1. The SMILES string of the molecule is O=C(O)CCCC1CCCCC1.[MgH2]. The third kappa shape index (κ3) is 6.33. The zero-order valence-corrected chi connectivity index (χ0v) is 7.59. The van der Waals surface area contributed by atoms with Crippen molar-refractivity contribution in [1.29, 1.82) is 0 Å². The van der Waals surface area contributed by atoms with E-state index in [0.717, 1.165) is 18.8 Å². The smallest absolute Gasteiger partial charge is 0.316 e. The summed E-state index contributed by atoms with van der Waals surface area (Å²) in [6.45, 7) is 0. The lowest BCUT2D eigenvalue weighted by Crippen LogP contribution is -2.06. The van der Waals surface area contributed by atoms with Gasteiger partial charge in [0.25, 0.3) is 0 Å². The zero-order valence-electron chi connectivity index (χ0n) is 7.59. The molecule has 13 heavy (non-hydrogen) atoms. The lowest BCUT2D eigenvalue weighted by Gasteiger charge is -2.20. The summed E-state index contributed by atoms with van der Waals surface area (Å²) in [5.41, 5.74) is 0. The molecule has 1 N–H and O–H groups in total. The molecule has 0 radical (unpaired) electrons. The van der Waals surface area contributed by atoms with Gasteiger partial charge < -0.3 is 5.11 Å². The summed E-state index contributed by atoms with van der Waals surface area (Å²) in [5, 5.41) is 8.44. The van der Waals surface area contributed by atoms with E-state index >= 15 is 0 Å². The van der Waals surface area contributed by atoms with Crippen molar-refractivity contribution in [3.8, 4) is 0 Å². The second kappa shape index (κ2) is 7.62. The Morgan fingerprint density at radius 2 is 1.85 bits per heavy atom. The minimum atomic E-state index is -0.647. The van der Waals surface area contributed by atoms with Gasteiger partial charge in [-0.15, -0.1) is 0 Å². The molecule has 1 aliphatic rings. The van der Waals surface area contributed by atoms with E-state index in [1.807, 2.05) is 0 Å². The first-order valence-electron chi connectivity index (χ1n) is 5.01. The van der Waals surface area contributed by atoms with Gasteiger partial charge in [0, 0.05) is 6.42 Å². The van der Waals surface area contributed by atoms with E-state index in [4.69, 9.17) is 5.11 Å². The third-order valence-electron chi connectivity index (χ3n) is 2.73. The number of carboxylic acid groups (broad SMARTS) is 1. The van der Waals surface area contributed by atoms with Gasteiger partial charge in [-0.05, 0) is 18.8 Å². The van der Waals surface area contributed by atoms with E-state index in [1.54, 1.807) is 0 Å². The summed E-state index contributed by atoms with van der Waals surface area (Å²) in [6.07, 6.45) is 9.13. The fourth-order valence-electron chi connectivity index (χ4n) is 2.02. The highest BCUT2D eigenvalue weighted by Crippen LogP contribution is 2.27. The summed E-state index contributed by atoms with van der Waals surface area (Å²) < 4.78 is 0. The Morgan fingerprint density at radius 1 is 1.23 bits per heavy atom. The first kappa shape index (κ1) is 13.2. The lowest BCUT2D eigenvalue weighted by molar-refractivity contribution is -0.137. The minimum absolute atomic E-state index is 0. The van der Waals surface area contributed by atoms with Gasteiger partial charge >= 0.3 is 29.0 Å². The van der Waals surface area contributed by atoms with Crippen LogP contribution < -0.4 is 0 Å². The van der Waals surface area contributed by atoms with Crippen molar-refractivity contribution in [2.75, 3.05) is 0 Å². The summed E-state index contributed by atoms with van der Waals surface area (Å²) in [6, 6.07) is 0. The van der Waals surface area contributed by atoms with Crippen LogP contribution in [0.5, 0.6) is 0 Å². The number of rotatable bonds is 4. The number of hydrogen-bond donors (Lipinski definition) is 1. The van der Waals surface area contributed by atoms with Gasteiger partial charge in [-0.2, -0.15) is 0 Å². The Balaban J connectivity index is 0.00000144. The van der Waals surface area contributed by atoms with Crippen LogP contribution in [0.15, 0.2) is 0 Å². The van der Waals surface area contributed by atoms with E-state index in [1.165, 1.54) is 32.1 Å². The largest absolute Gasteiger partial charge is 0.481 e. The van der Waals surface area contributed by atoms with Crippen LogP contribution in [-0.4, -0.2) is 34.1 Å². The standard InChI is InChI=1S/C10H18O2.Mg.2H/c11-10(12)8-4-7-9-5-2-1-3-6-9;;;/h9H,1-8H2,(H,11,12);;;. The minimum Gasteiger partial charge on any atom is -0.481 e. The molecule has 0 atom stereocenters. The molecule has 0 bridgehead atoms. The maximum atomic E-state index is 10.2. The van der Waals surface area contributed by atoms with Crippen molar-refractivity contribution in [2.24, 2.45) is 5.92 Å². The van der Waals surface area contributed by atoms with E-state index in [2.05, 4.69) is 0 Å². The highest BCUT2D eigenvalue weighted by Gasteiger charge is 2.12. The van der Waals surface area contributed by atoms with Gasteiger partial charge in [-0.25, -0.2) is 0 Å². The molecule has 1 rings (SSSR count). The Labute approximate surface area is 96.2 Å². The summed E-state index contributed by atoms with van der Waals surface area (Å²) in [4.78, 5) is 10.2.